The van der Waals surface area contributed by atoms with Crippen LogP contribution in [0.15, 0.2) is 6.20 Å². The second-order valence-electron chi connectivity index (χ2n) is 4.60. The van der Waals surface area contributed by atoms with E-state index in [0.717, 1.165) is 31.1 Å². The van der Waals surface area contributed by atoms with Crippen LogP contribution in [0.4, 0.5) is 5.95 Å². The highest BCUT2D eigenvalue weighted by Crippen LogP contribution is 2.16. The van der Waals surface area contributed by atoms with Crippen LogP contribution in [0.1, 0.15) is 39.2 Å². The Morgan fingerprint density at radius 1 is 1.41 bits per heavy atom. The highest BCUT2D eigenvalue weighted by Gasteiger charge is 2.04. The summed E-state index contributed by atoms with van der Waals surface area (Å²) in [6, 6.07) is 0. The molecule has 0 saturated carbocycles. The zero-order valence-electron chi connectivity index (χ0n) is 11.3. The lowest BCUT2D eigenvalue weighted by atomic mass is 10.1. The van der Waals surface area contributed by atoms with Crippen LogP contribution in [0.5, 0.6) is 5.88 Å². The second-order valence-corrected chi connectivity index (χ2v) is 4.60. The molecule has 1 aromatic rings. The maximum atomic E-state index is 5.68. The Bertz CT molecular complexity index is 339. The molecule has 0 bridgehead atoms. The van der Waals surface area contributed by atoms with Gasteiger partial charge in [-0.15, -0.1) is 0 Å². The van der Waals surface area contributed by atoms with E-state index in [1.165, 1.54) is 6.42 Å². The molecule has 0 aliphatic heterocycles. The second kappa shape index (κ2) is 7.09. The molecule has 0 amide bonds. The molecule has 0 aromatic carbocycles. The predicted molar refractivity (Wildman–Crippen MR) is 70.5 cm³/mol. The molecule has 0 atom stereocenters. The Kier molecular flexibility index (Phi) is 5.73. The van der Waals surface area contributed by atoms with E-state index in [2.05, 4.69) is 29.1 Å². The molecule has 0 spiro atoms. The molecular formula is C13H23N3O. The van der Waals surface area contributed by atoms with E-state index in [0.29, 0.717) is 11.8 Å². The van der Waals surface area contributed by atoms with Crippen LogP contribution in [0.2, 0.25) is 0 Å². The molecule has 0 aliphatic rings. The lowest BCUT2D eigenvalue weighted by molar-refractivity contribution is 0.285. The van der Waals surface area contributed by atoms with Crippen molar-refractivity contribution in [1.29, 1.82) is 0 Å². The first-order valence-electron chi connectivity index (χ1n) is 6.33. The van der Waals surface area contributed by atoms with Crippen LogP contribution in [-0.2, 0) is 0 Å². The third kappa shape index (κ3) is 5.02. The summed E-state index contributed by atoms with van der Waals surface area (Å²) < 4.78 is 5.68. The van der Waals surface area contributed by atoms with Gasteiger partial charge in [0.05, 0.1) is 6.61 Å². The Hall–Kier alpha value is -1.32. The van der Waals surface area contributed by atoms with Crippen LogP contribution in [0.25, 0.3) is 0 Å². The highest BCUT2D eigenvalue weighted by molar-refractivity contribution is 5.32. The molecular weight excluding hydrogens is 214 g/mol. The Morgan fingerprint density at radius 3 is 2.82 bits per heavy atom. The number of nitrogens with zero attached hydrogens (tertiary/aromatic N) is 2. The lowest BCUT2D eigenvalue weighted by Gasteiger charge is -2.10. The Labute approximate surface area is 104 Å². The van der Waals surface area contributed by atoms with Crippen molar-refractivity contribution in [2.24, 2.45) is 5.92 Å². The SMILES string of the molecule is CCNc1ncc(C)c(OCCCC(C)C)n1. The third-order valence-corrected chi connectivity index (χ3v) is 2.42. The summed E-state index contributed by atoms with van der Waals surface area (Å²) in [6.45, 7) is 9.97. The highest BCUT2D eigenvalue weighted by atomic mass is 16.5. The van der Waals surface area contributed by atoms with Crippen molar-refractivity contribution in [3.8, 4) is 5.88 Å². The van der Waals surface area contributed by atoms with Crippen molar-refractivity contribution >= 4 is 5.95 Å². The summed E-state index contributed by atoms with van der Waals surface area (Å²) in [5.74, 6) is 2.05. The van der Waals surface area contributed by atoms with Crippen LogP contribution < -0.4 is 10.1 Å². The van der Waals surface area contributed by atoms with E-state index < -0.39 is 0 Å². The van der Waals surface area contributed by atoms with Crippen molar-refractivity contribution in [2.45, 2.75) is 40.5 Å². The van der Waals surface area contributed by atoms with E-state index in [1.807, 2.05) is 13.8 Å². The van der Waals surface area contributed by atoms with Gasteiger partial charge in [0.15, 0.2) is 0 Å². The van der Waals surface area contributed by atoms with Gasteiger partial charge in [-0.3, -0.25) is 0 Å². The molecule has 4 nitrogen and oxygen atoms in total. The number of hydrogen-bond donors (Lipinski definition) is 1. The summed E-state index contributed by atoms with van der Waals surface area (Å²) in [5.41, 5.74) is 0.983. The molecule has 17 heavy (non-hydrogen) atoms. The number of aryl methyl sites for hydroxylation is 1. The Morgan fingerprint density at radius 2 is 2.18 bits per heavy atom. The number of rotatable bonds is 7. The first-order chi connectivity index (χ1) is 8.13. The number of anilines is 1. The van der Waals surface area contributed by atoms with Gasteiger partial charge in [0.25, 0.3) is 0 Å². The van der Waals surface area contributed by atoms with Crippen LogP contribution in [-0.4, -0.2) is 23.1 Å². The van der Waals surface area contributed by atoms with Crippen molar-refractivity contribution in [3.05, 3.63) is 11.8 Å². The smallest absolute Gasteiger partial charge is 0.225 e. The van der Waals surface area contributed by atoms with Crippen LogP contribution in [0.3, 0.4) is 0 Å². The van der Waals surface area contributed by atoms with Gasteiger partial charge in [-0.05, 0) is 32.6 Å². The predicted octanol–water partition coefficient (Wildman–Crippen LogP) is 3.03. The minimum absolute atomic E-state index is 0.636. The Balaban J connectivity index is 2.48. The summed E-state index contributed by atoms with van der Waals surface area (Å²) in [7, 11) is 0. The normalized spacial score (nSPS) is 10.6. The van der Waals surface area contributed by atoms with Gasteiger partial charge < -0.3 is 10.1 Å². The van der Waals surface area contributed by atoms with Gasteiger partial charge >= 0.3 is 0 Å². The van der Waals surface area contributed by atoms with E-state index in [9.17, 15) is 0 Å². The largest absolute Gasteiger partial charge is 0.477 e. The fraction of sp³-hybridized carbons (Fsp3) is 0.692. The van der Waals surface area contributed by atoms with Gasteiger partial charge in [-0.25, -0.2) is 4.98 Å². The first kappa shape index (κ1) is 13.7. The summed E-state index contributed by atoms with van der Waals surface area (Å²) in [5, 5.41) is 3.08. The molecule has 4 heteroatoms. The fourth-order valence-electron chi connectivity index (χ4n) is 1.48. The van der Waals surface area contributed by atoms with Gasteiger partial charge in [0, 0.05) is 18.3 Å². The minimum atomic E-state index is 0.636. The zero-order chi connectivity index (χ0) is 12.7. The van der Waals surface area contributed by atoms with E-state index in [-0.39, 0.29) is 0 Å². The quantitative estimate of drug-likeness (QED) is 0.740. The molecule has 0 aliphatic carbocycles. The number of hydrogen-bond acceptors (Lipinski definition) is 4. The standard InChI is InChI=1S/C13H23N3O/c1-5-14-13-15-9-11(4)12(16-13)17-8-6-7-10(2)3/h9-10H,5-8H2,1-4H3,(H,14,15,16). The molecule has 96 valence electrons. The molecule has 0 saturated heterocycles. The molecule has 1 heterocycles. The number of aromatic nitrogens is 2. The third-order valence-electron chi connectivity index (χ3n) is 2.42. The van der Waals surface area contributed by atoms with Crippen molar-refractivity contribution in [2.75, 3.05) is 18.5 Å². The molecule has 1 rings (SSSR count). The van der Waals surface area contributed by atoms with Crippen LogP contribution in [0, 0.1) is 12.8 Å². The molecule has 0 fully saturated rings. The van der Waals surface area contributed by atoms with Gasteiger partial charge in [0.2, 0.25) is 11.8 Å². The maximum Gasteiger partial charge on any atom is 0.225 e. The average molecular weight is 237 g/mol. The van der Waals surface area contributed by atoms with E-state index in [1.54, 1.807) is 6.20 Å². The van der Waals surface area contributed by atoms with E-state index in [4.69, 9.17) is 4.74 Å². The lowest BCUT2D eigenvalue weighted by Crippen LogP contribution is -2.07. The van der Waals surface area contributed by atoms with E-state index >= 15 is 0 Å². The minimum Gasteiger partial charge on any atom is -0.477 e. The molecule has 1 N–H and O–H groups in total. The van der Waals surface area contributed by atoms with Crippen molar-refractivity contribution in [1.82, 2.24) is 9.97 Å². The topological polar surface area (TPSA) is 47.0 Å². The van der Waals surface area contributed by atoms with Gasteiger partial charge in [-0.1, -0.05) is 13.8 Å². The molecule has 0 radical (unpaired) electrons. The number of ether oxygens (including phenoxy) is 1. The summed E-state index contributed by atoms with van der Waals surface area (Å²) >= 11 is 0. The average Bonchev–Trinajstić information content (AvgIpc) is 2.28. The first-order valence-corrected chi connectivity index (χ1v) is 6.33. The number of nitrogens with one attached hydrogen (secondary N) is 1. The zero-order valence-corrected chi connectivity index (χ0v) is 11.3. The summed E-state index contributed by atoms with van der Waals surface area (Å²) in [4.78, 5) is 8.52. The van der Waals surface area contributed by atoms with Crippen LogP contribution >= 0.6 is 0 Å². The van der Waals surface area contributed by atoms with Gasteiger partial charge in [-0.2, -0.15) is 4.98 Å². The fourth-order valence-corrected chi connectivity index (χ4v) is 1.48. The van der Waals surface area contributed by atoms with Crippen molar-refractivity contribution in [3.63, 3.8) is 0 Å². The summed E-state index contributed by atoms with van der Waals surface area (Å²) in [6.07, 6.45) is 4.05. The maximum absolute atomic E-state index is 5.68. The van der Waals surface area contributed by atoms with Crippen molar-refractivity contribution < 1.29 is 4.74 Å². The monoisotopic (exact) mass is 237 g/mol. The molecule has 1 aromatic heterocycles. The molecule has 0 unspecified atom stereocenters. The van der Waals surface area contributed by atoms with Gasteiger partial charge in [0.1, 0.15) is 0 Å².